The Bertz CT molecular complexity index is 1300. The molecule has 1 aliphatic heterocycles. The maximum absolute atomic E-state index is 13.8. The molecule has 0 spiro atoms. The molecule has 3 aromatic rings. The number of benzene rings is 3. The summed E-state index contributed by atoms with van der Waals surface area (Å²) in [5.41, 5.74) is 5.83. The van der Waals surface area contributed by atoms with Gasteiger partial charge in [0.1, 0.15) is 0 Å². The van der Waals surface area contributed by atoms with E-state index in [-0.39, 0.29) is 23.8 Å². The predicted molar refractivity (Wildman–Crippen MR) is 143 cm³/mol. The third-order valence-corrected chi connectivity index (χ3v) is 7.27. The predicted octanol–water partition coefficient (Wildman–Crippen LogP) is 7.22. The van der Waals surface area contributed by atoms with E-state index in [1.165, 1.54) is 0 Å². The molecule has 5 rings (SSSR count). The molecule has 3 aromatic carbocycles. The fourth-order valence-electron chi connectivity index (χ4n) is 4.96. The molecule has 0 amide bonds. The molecule has 35 heavy (non-hydrogen) atoms. The number of fused-ring (bicyclic) bond motifs is 1. The maximum atomic E-state index is 13.8. The van der Waals surface area contributed by atoms with Crippen molar-refractivity contribution in [2.75, 3.05) is 17.7 Å². The molecule has 1 aliphatic carbocycles. The first-order valence-corrected chi connectivity index (χ1v) is 12.7. The molecule has 1 heterocycles. The molecule has 0 saturated heterocycles. The van der Waals surface area contributed by atoms with E-state index in [9.17, 15) is 4.79 Å². The fourth-order valence-corrected chi connectivity index (χ4v) is 5.47. The van der Waals surface area contributed by atoms with Gasteiger partial charge in [-0.25, -0.2) is 0 Å². The standard InChI is InChI=1S/C29H29BrN2O3/c1-17(2)35-26-13-12-18(16-27(26)34-3)19-14-24-28(25(33)15-19)29(20-8-4-5-9-21(20)30)32-23-11-7-6-10-22(23)31-24/h4-13,16-17,19,29,31-32H,14-15H2,1-3H3. The van der Waals surface area contributed by atoms with Gasteiger partial charge in [-0.15, -0.1) is 0 Å². The van der Waals surface area contributed by atoms with Crippen molar-refractivity contribution in [3.8, 4) is 11.5 Å². The molecule has 0 bridgehead atoms. The van der Waals surface area contributed by atoms with E-state index in [0.717, 1.165) is 44.7 Å². The zero-order chi connectivity index (χ0) is 24.5. The highest BCUT2D eigenvalue weighted by Gasteiger charge is 2.36. The lowest BCUT2D eigenvalue weighted by Crippen LogP contribution is -2.27. The first-order valence-electron chi connectivity index (χ1n) is 11.9. The van der Waals surface area contributed by atoms with Crippen molar-refractivity contribution in [2.24, 2.45) is 0 Å². The number of ether oxygens (including phenoxy) is 2. The molecule has 0 saturated carbocycles. The number of ketones is 1. The molecule has 6 heteroatoms. The van der Waals surface area contributed by atoms with Crippen molar-refractivity contribution in [1.82, 2.24) is 0 Å². The SMILES string of the molecule is COc1cc(C2CC(=O)C3=C(C2)Nc2ccccc2NC3c2ccccc2Br)ccc1OC(C)C. The molecular weight excluding hydrogens is 504 g/mol. The van der Waals surface area contributed by atoms with E-state index < -0.39 is 0 Å². The minimum Gasteiger partial charge on any atom is -0.493 e. The number of carbonyl (C=O) groups is 1. The van der Waals surface area contributed by atoms with Gasteiger partial charge in [-0.1, -0.05) is 52.3 Å². The molecule has 2 aliphatic rings. The number of rotatable bonds is 5. The maximum Gasteiger partial charge on any atom is 0.163 e. The second kappa shape index (κ2) is 9.78. The molecule has 0 radical (unpaired) electrons. The van der Waals surface area contributed by atoms with Gasteiger partial charge in [0.2, 0.25) is 0 Å². The van der Waals surface area contributed by atoms with Crippen molar-refractivity contribution in [3.05, 3.63) is 93.6 Å². The number of methoxy groups -OCH3 is 1. The first kappa shape index (κ1) is 23.5. The van der Waals surface area contributed by atoms with Gasteiger partial charge in [-0.3, -0.25) is 4.79 Å². The Hall–Kier alpha value is -3.25. The third-order valence-electron chi connectivity index (χ3n) is 6.55. The number of hydrogen-bond donors (Lipinski definition) is 2. The van der Waals surface area contributed by atoms with Crippen molar-refractivity contribution in [3.63, 3.8) is 0 Å². The minimum absolute atomic E-state index is 0.0425. The van der Waals surface area contributed by atoms with Gasteiger partial charge in [0, 0.05) is 22.2 Å². The lowest BCUT2D eigenvalue weighted by molar-refractivity contribution is -0.116. The Kier molecular flexibility index (Phi) is 6.56. The number of anilines is 2. The molecule has 5 nitrogen and oxygen atoms in total. The summed E-state index contributed by atoms with van der Waals surface area (Å²) in [6, 6.07) is 22.0. The van der Waals surface area contributed by atoms with Gasteiger partial charge >= 0.3 is 0 Å². The highest BCUT2D eigenvalue weighted by molar-refractivity contribution is 9.10. The van der Waals surface area contributed by atoms with E-state index in [0.29, 0.717) is 17.9 Å². The van der Waals surface area contributed by atoms with Crippen LogP contribution in [-0.2, 0) is 4.79 Å². The van der Waals surface area contributed by atoms with Crippen molar-refractivity contribution >= 4 is 33.1 Å². The summed E-state index contributed by atoms with van der Waals surface area (Å²) >= 11 is 3.70. The third kappa shape index (κ3) is 4.67. The van der Waals surface area contributed by atoms with E-state index >= 15 is 0 Å². The van der Waals surface area contributed by atoms with Gasteiger partial charge in [0.25, 0.3) is 0 Å². The number of para-hydroxylation sites is 2. The van der Waals surface area contributed by atoms with Crippen LogP contribution in [0.25, 0.3) is 0 Å². The van der Waals surface area contributed by atoms with Crippen LogP contribution in [0.15, 0.2) is 82.5 Å². The van der Waals surface area contributed by atoms with Crippen LogP contribution in [-0.4, -0.2) is 19.0 Å². The smallest absolute Gasteiger partial charge is 0.163 e. The van der Waals surface area contributed by atoms with Crippen LogP contribution in [0.3, 0.4) is 0 Å². The largest absolute Gasteiger partial charge is 0.493 e. The Morgan fingerprint density at radius 2 is 1.69 bits per heavy atom. The quantitative estimate of drug-likeness (QED) is 0.363. The van der Waals surface area contributed by atoms with E-state index in [1.54, 1.807) is 7.11 Å². The highest BCUT2D eigenvalue weighted by atomic mass is 79.9. The van der Waals surface area contributed by atoms with Crippen molar-refractivity contribution < 1.29 is 14.3 Å². The van der Waals surface area contributed by atoms with Gasteiger partial charge in [0.15, 0.2) is 17.3 Å². The van der Waals surface area contributed by atoms with Crippen molar-refractivity contribution in [2.45, 2.75) is 44.8 Å². The average Bonchev–Trinajstić information content (AvgIpc) is 3.01. The monoisotopic (exact) mass is 532 g/mol. The van der Waals surface area contributed by atoms with E-state index in [4.69, 9.17) is 9.47 Å². The normalized spacial score (nSPS) is 19.3. The number of halogens is 1. The highest BCUT2D eigenvalue weighted by Crippen LogP contribution is 2.46. The summed E-state index contributed by atoms with van der Waals surface area (Å²) in [6.45, 7) is 3.98. The molecule has 2 N–H and O–H groups in total. The average molecular weight is 533 g/mol. The Labute approximate surface area is 214 Å². The lowest BCUT2D eigenvalue weighted by atomic mass is 9.78. The first-order chi connectivity index (χ1) is 16.9. The molecule has 0 fully saturated rings. The molecule has 0 aromatic heterocycles. The zero-order valence-electron chi connectivity index (χ0n) is 20.1. The van der Waals surface area contributed by atoms with Crippen LogP contribution < -0.4 is 20.1 Å². The van der Waals surface area contributed by atoms with Crippen LogP contribution in [0.1, 0.15) is 49.8 Å². The van der Waals surface area contributed by atoms with E-state index in [2.05, 4.69) is 38.7 Å². The number of allylic oxidation sites excluding steroid dienone is 1. The summed E-state index contributed by atoms with van der Waals surface area (Å²) in [4.78, 5) is 13.8. The summed E-state index contributed by atoms with van der Waals surface area (Å²) in [5.74, 6) is 1.59. The number of Topliss-reactive ketones (excluding diaryl/α,β-unsaturated/α-hetero) is 1. The van der Waals surface area contributed by atoms with Crippen LogP contribution >= 0.6 is 15.9 Å². The Morgan fingerprint density at radius 3 is 2.43 bits per heavy atom. The Morgan fingerprint density at radius 1 is 0.943 bits per heavy atom. The fraction of sp³-hybridized carbons (Fsp3) is 0.276. The topological polar surface area (TPSA) is 59.6 Å². The van der Waals surface area contributed by atoms with Crippen LogP contribution in [0.5, 0.6) is 11.5 Å². The van der Waals surface area contributed by atoms with E-state index in [1.807, 2.05) is 68.4 Å². The molecule has 2 unspecified atom stereocenters. The van der Waals surface area contributed by atoms with Crippen LogP contribution in [0, 0.1) is 0 Å². The second-order valence-electron chi connectivity index (χ2n) is 9.27. The number of carbonyl (C=O) groups excluding carboxylic acids is 1. The Balaban J connectivity index is 1.56. The summed E-state index contributed by atoms with van der Waals surface area (Å²) < 4.78 is 12.5. The summed E-state index contributed by atoms with van der Waals surface area (Å²) in [7, 11) is 1.65. The molecule has 180 valence electrons. The van der Waals surface area contributed by atoms with Gasteiger partial charge in [-0.2, -0.15) is 0 Å². The van der Waals surface area contributed by atoms with Crippen LogP contribution in [0.4, 0.5) is 11.4 Å². The minimum atomic E-state index is -0.249. The molecule has 2 atom stereocenters. The van der Waals surface area contributed by atoms with Crippen LogP contribution in [0.2, 0.25) is 0 Å². The van der Waals surface area contributed by atoms with Gasteiger partial charge in [-0.05, 0) is 67.6 Å². The molecular formula is C29H29BrN2O3. The summed E-state index contributed by atoms with van der Waals surface area (Å²) in [5, 5.41) is 7.24. The zero-order valence-corrected chi connectivity index (χ0v) is 21.7. The lowest BCUT2D eigenvalue weighted by Gasteiger charge is -2.30. The van der Waals surface area contributed by atoms with Crippen molar-refractivity contribution in [1.29, 1.82) is 0 Å². The number of nitrogens with one attached hydrogen (secondary N) is 2. The number of hydrogen-bond acceptors (Lipinski definition) is 5. The second-order valence-corrected chi connectivity index (χ2v) is 10.1. The van der Waals surface area contributed by atoms with Gasteiger partial charge in [0.05, 0.1) is 30.6 Å². The summed E-state index contributed by atoms with van der Waals surface area (Å²) in [6.07, 6.45) is 1.22. The van der Waals surface area contributed by atoms with Gasteiger partial charge < -0.3 is 20.1 Å².